The second-order valence-electron chi connectivity index (χ2n) is 17.3. The molecule has 4 aliphatic rings. The van der Waals surface area contributed by atoms with Gasteiger partial charge in [0.05, 0.1) is 75.3 Å². The third-order valence-electron chi connectivity index (χ3n) is 9.39. The first-order valence-electron chi connectivity index (χ1n) is 21.7. The molecule has 0 aromatic heterocycles. The Hall–Kier alpha value is -0.640. The van der Waals surface area contributed by atoms with Crippen molar-refractivity contribution in [2.75, 3.05) is 26.4 Å². The van der Waals surface area contributed by atoms with Gasteiger partial charge in [-0.1, -0.05) is 47.0 Å². The molecular formula is C43H90O16. The maximum absolute atomic E-state index is 8.99. The molecule has 4 rings (SSSR count). The zero-order valence-corrected chi connectivity index (χ0v) is 39.6. The van der Waals surface area contributed by atoms with Gasteiger partial charge in [0.25, 0.3) is 0 Å². The van der Waals surface area contributed by atoms with Gasteiger partial charge < -0.3 is 78.7 Å². The van der Waals surface area contributed by atoms with Crippen LogP contribution in [-0.4, -0.2) is 164 Å². The maximum Gasteiger partial charge on any atom is 0.163 e. The van der Waals surface area contributed by atoms with Crippen molar-refractivity contribution in [1.29, 1.82) is 0 Å². The third-order valence-corrected chi connectivity index (χ3v) is 9.39. The highest BCUT2D eigenvalue weighted by atomic mass is 16.8. The van der Waals surface area contributed by atoms with Crippen molar-refractivity contribution in [3.05, 3.63) is 0 Å². The van der Waals surface area contributed by atoms with Crippen LogP contribution in [0.3, 0.4) is 0 Å². The molecule has 4 aliphatic heterocycles. The molecule has 16 heteroatoms. The number of aliphatic hydroxyl groups is 8. The summed E-state index contributed by atoms with van der Waals surface area (Å²) in [5, 5.41) is 69.8. The molecule has 0 amide bonds. The van der Waals surface area contributed by atoms with Crippen molar-refractivity contribution in [3.63, 3.8) is 0 Å². The minimum Gasteiger partial charge on any atom is -0.394 e. The summed E-state index contributed by atoms with van der Waals surface area (Å²) in [5.41, 5.74) is 0. The Bertz CT molecular complexity index is 958. The molecule has 4 saturated heterocycles. The third kappa shape index (κ3) is 25.9. The maximum atomic E-state index is 8.99. The zero-order valence-electron chi connectivity index (χ0n) is 39.6. The van der Waals surface area contributed by atoms with Gasteiger partial charge in [0.2, 0.25) is 0 Å². The lowest BCUT2D eigenvalue weighted by Crippen LogP contribution is -2.29. The molecule has 0 aromatic carbocycles. The molecule has 59 heavy (non-hydrogen) atoms. The van der Waals surface area contributed by atoms with Crippen LogP contribution in [0.15, 0.2) is 0 Å². The standard InChI is InChI=1S/C9H18O3.C9H18O2.C8H16O3.C7H14O4.C6H14O2.C4H10O2/c1-4-5-7-8(6-10)12-9(2,3)11-7;1-5-6-8-7(2)10-9(3,4)11-8;1-4-6-7(5-9)11-8(2,3)10-6;1-7(2)10-5(3-8)6(4-9)11-7;1-3-4-6(8)5(2)7;1-3(5)4(2)6/h7-8,10H,4-6H2,1-3H3;7-8H,5-6H2,1-4H3;6-7,9H,4-5H2,1-3H3;5-6,8-9H,3-4H2,1-2H3;5-8H,3-4H2,1-2H3;3-6H,1-2H3/t2*7-,8-;6-,7-;2*5-,6-;3-,4-/m111111/s1. The van der Waals surface area contributed by atoms with E-state index >= 15 is 0 Å². The van der Waals surface area contributed by atoms with E-state index in [4.69, 9.17) is 78.7 Å². The average molecular weight is 863 g/mol. The number of hydrogen-bond acceptors (Lipinski definition) is 16. The van der Waals surface area contributed by atoms with Gasteiger partial charge >= 0.3 is 0 Å². The zero-order chi connectivity index (χ0) is 46.4. The highest BCUT2D eigenvalue weighted by Crippen LogP contribution is 2.32. The highest BCUT2D eigenvalue weighted by molar-refractivity contribution is 4.82. The lowest BCUT2D eigenvalue weighted by molar-refractivity contribution is -0.151. The largest absolute Gasteiger partial charge is 0.394 e. The molecule has 16 nitrogen and oxygen atoms in total. The fourth-order valence-corrected chi connectivity index (χ4v) is 6.35. The van der Waals surface area contributed by atoms with Crippen molar-refractivity contribution in [2.45, 2.75) is 252 Å². The van der Waals surface area contributed by atoms with Crippen LogP contribution < -0.4 is 0 Å². The van der Waals surface area contributed by atoms with E-state index in [0.29, 0.717) is 12.5 Å². The van der Waals surface area contributed by atoms with Crippen molar-refractivity contribution in [2.24, 2.45) is 0 Å². The van der Waals surface area contributed by atoms with E-state index in [9.17, 15) is 0 Å². The minimum absolute atomic E-state index is 0.0436. The number of ether oxygens (including phenoxy) is 8. The van der Waals surface area contributed by atoms with E-state index in [1.54, 1.807) is 34.6 Å². The van der Waals surface area contributed by atoms with Crippen molar-refractivity contribution >= 4 is 0 Å². The van der Waals surface area contributed by atoms with Crippen LogP contribution in [0.25, 0.3) is 0 Å². The Kier molecular flexibility index (Phi) is 30.4. The van der Waals surface area contributed by atoms with Crippen LogP contribution in [0, 0.1) is 0 Å². The summed E-state index contributed by atoms with van der Waals surface area (Å²) in [6, 6.07) is 0. The second kappa shape index (κ2) is 29.7. The Morgan fingerprint density at radius 2 is 0.695 bits per heavy atom. The highest BCUT2D eigenvalue weighted by Gasteiger charge is 2.42. The monoisotopic (exact) mass is 863 g/mol. The summed E-state index contributed by atoms with van der Waals surface area (Å²) in [7, 11) is 0. The molecule has 4 heterocycles. The molecular weight excluding hydrogens is 772 g/mol. The number of aliphatic hydroxyl groups excluding tert-OH is 8. The Morgan fingerprint density at radius 3 is 0.932 bits per heavy atom. The minimum atomic E-state index is -0.680. The van der Waals surface area contributed by atoms with Gasteiger partial charge in [-0.15, -0.1) is 0 Å². The molecule has 0 aliphatic carbocycles. The predicted molar refractivity (Wildman–Crippen MR) is 225 cm³/mol. The van der Waals surface area contributed by atoms with Gasteiger partial charge in [-0.05, 0) is 109 Å². The summed E-state index contributed by atoms with van der Waals surface area (Å²) < 4.78 is 43.9. The van der Waals surface area contributed by atoms with E-state index in [1.807, 2.05) is 55.4 Å². The fourth-order valence-electron chi connectivity index (χ4n) is 6.35. The topological polar surface area (TPSA) is 236 Å². The summed E-state index contributed by atoms with van der Waals surface area (Å²) in [6.45, 7) is 29.8. The van der Waals surface area contributed by atoms with Crippen molar-refractivity contribution < 1.29 is 78.7 Å². The Morgan fingerprint density at radius 1 is 0.407 bits per heavy atom. The van der Waals surface area contributed by atoms with Crippen LogP contribution in [0.5, 0.6) is 0 Å². The SMILES string of the molecule is CC1(C)O[C@H](CO)[C@@H](CO)O1.CCC[C@@H](O)[C@@H](C)O.CCC[C@H]1OC(C)(C)O[C@@H]1C.CCC[C@H]1OC(C)(C)O[C@@H]1CO.CC[C@H]1OC(C)(C)O[C@@H]1CO.C[C@@H](O)[C@@H](C)O. The Labute approximate surface area is 356 Å². The summed E-state index contributed by atoms with van der Waals surface area (Å²) in [5.74, 6) is -2.08. The predicted octanol–water partition coefficient (Wildman–Crippen LogP) is 4.30. The first kappa shape index (κ1) is 60.4. The van der Waals surface area contributed by atoms with Crippen LogP contribution >= 0.6 is 0 Å². The van der Waals surface area contributed by atoms with Crippen LogP contribution in [-0.2, 0) is 37.9 Å². The molecule has 4 fully saturated rings. The van der Waals surface area contributed by atoms with Gasteiger partial charge in [-0.3, -0.25) is 0 Å². The molecule has 12 atom stereocenters. The lowest BCUT2D eigenvalue weighted by atomic mass is 10.1. The van der Waals surface area contributed by atoms with Gasteiger partial charge in [-0.2, -0.15) is 0 Å². The Balaban J connectivity index is 0. The van der Waals surface area contributed by atoms with E-state index in [2.05, 4.69) is 20.8 Å². The first-order valence-corrected chi connectivity index (χ1v) is 21.7. The molecule has 0 spiro atoms. The second-order valence-corrected chi connectivity index (χ2v) is 17.3. The summed E-state index contributed by atoms with van der Waals surface area (Å²) >= 11 is 0. The van der Waals surface area contributed by atoms with Gasteiger partial charge in [0, 0.05) is 0 Å². The van der Waals surface area contributed by atoms with E-state index in [0.717, 1.165) is 38.5 Å². The molecule has 0 aromatic rings. The smallest absolute Gasteiger partial charge is 0.163 e. The number of rotatable bonds is 13. The molecule has 0 radical (unpaired) electrons. The first-order chi connectivity index (χ1) is 27.1. The summed E-state index contributed by atoms with van der Waals surface area (Å²) in [4.78, 5) is 0. The van der Waals surface area contributed by atoms with Gasteiger partial charge in [-0.25, -0.2) is 0 Å². The van der Waals surface area contributed by atoms with E-state index < -0.39 is 54.0 Å². The van der Waals surface area contributed by atoms with Gasteiger partial charge in [0.15, 0.2) is 23.1 Å². The van der Waals surface area contributed by atoms with Gasteiger partial charge in [0.1, 0.15) is 24.4 Å². The fraction of sp³-hybridized carbons (Fsp3) is 1.00. The lowest BCUT2D eigenvalue weighted by Gasteiger charge is -2.16. The van der Waals surface area contributed by atoms with Crippen LogP contribution in [0.1, 0.15) is 156 Å². The molecule has 8 N–H and O–H groups in total. The van der Waals surface area contributed by atoms with Crippen LogP contribution in [0.2, 0.25) is 0 Å². The summed E-state index contributed by atoms with van der Waals surface area (Å²) in [6.07, 6.45) is 4.09. The molecule has 358 valence electrons. The van der Waals surface area contributed by atoms with E-state index in [-0.39, 0.29) is 62.7 Å². The van der Waals surface area contributed by atoms with Crippen LogP contribution in [0.4, 0.5) is 0 Å². The van der Waals surface area contributed by atoms with Crippen molar-refractivity contribution in [1.82, 2.24) is 0 Å². The normalized spacial score (nSPS) is 31.5. The average Bonchev–Trinajstić information content (AvgIpc) is 3.82. The molecule has 0 saturated carbocycles. The van der Waals surface area contributed by atoms with E-state index in [1.165, 1.54) is 0 Å². The van der Waals surface area contributed by atoms with Crippen molar-refractivity contribution in [3.8, 4) is 0 Å². The molecule has 0 unspecified atom stereocenters. The molecule has 0 bridgehead atoms. The quantitative estimate of drug-likeness (QED) is 0.129. The number of hydrogen-bond donors (Lipinski definition) is 8.